The van der Waals surface area contributed by atoms with Crippen molar-refractivity contribution in [1.82, 2.24) is 9.78 Å². The van der Waals surface area contributed by atoms with Crippen LogP contribution in [-0.2, 0) is 16.6 Å². The number of nitrogens with zero attached hydrogens (tertiary/aromatic N) is 3. The van der Waals surface area contributed by atoms with Crippen molar-refractivity contribution in [3.63, 3.8) is 0 Å². The Morgan fingerprint density at radius 2 is 2.53 bits per heavy atom. The van der Waals surface area contributed by atoms with Crippen molar-refractivity contribution in [3.8, 4) is 6.07 Å². The summed E-state index contributed by atoms with van der Waals surface area (Å²) < 4.78 is 6.31. The van der Waals surface area contributed by atoms with Gasteiger partial charge in [-0.1, -0.05) is 0 Å². The Morgan fingerprint density at radius 1 is 1.80 bits per heavy atom. The number of rotatable bonds is 3. The summed E-state index contributed by atoms with van der Waals surface area (Å²) in [6.07, 6.45) is 4.72. The lowest BCUT2D eigenvalue weighted by molar-refractivity contribution is -0.137. The zero-order valence-electron chi connectivity index (χ0n) is 8.60. The highest BCUT2D eigenvalue weighted by Gasteiger charge is 2.09. The van der Waals surface area contributed by atoms with Gasteiger partial charge in [-0.05, 0) is 13.0 Å². The summed E-state index contributed by atoms with van der Waals surface area (Å²) in [4.78, 5) is 11.2. The van der Waals surface area contributed by atoms with Gasteiger partial charge in [0.2, 0.25) is 0 Å². The molecular formula is C10H11N3O2. The van der Waals surface area contributed by atoms with Crippen LogP contribution in [0.4, 0.5) is 0 Å². The molecule has 78 valence electrons. The third-order valence-electron chi connectivity index (χ3n) is 1.65. The van der Waals surface area contributed by atoms with Gasteiger partial charge in [-0.25, -0.2) is 4.79 Å². The molecule has 0 N–H and O–H groups in total. The maximum absolute atomic E-state index is 11.2. The van der Waals surface area contributed by atoms with Crippen molar-refractivity contribution in [2.75, 3.05) is 6.61 Å². The van der Waals surface area contributed by atoms with Gasteiger partial charge >= 0.3 is 5.97 Å². The summed E-state index contributed by atoms with van der Waals surface area (Å²) in [5.74, 6) is -0.608. The Bertz CT molecular complexity index is 426. The van der Waals surface area contributed by atoms with Crippen molar-refractivity contribution in [2.24, 2.45) is 7.05 Å². The van der Waals surface area contributed by atoms with Gasteiger partial charge in [0.1, 0.15) is 11.6 Å². The quantitative estimate of drug-likeness (QED) is 0.417. The molecule has 0 aromatic carbocycles. The van der Waals surface area contributed by atoms with Gasteiger partial charge in [0.05, 0.1) is 12.8 Å². The van der Waals surface area contributed by atoms with E-state index in [1.807, 2.05) is 0 Å². The maximum atomic E-state index is 11.2. The molecule has 1 rings (SSSR count). The van der Waals surface area contributed by atoms with Gasteiger partial charge in [0.15, 0.2) is 0 Å². The summed E-state index contributed by atoms with van der Waals surface area (Å²) in [6.45, 7) is 1.95. The van der Waals surface area contributed by atoms with E-state index >= 15 is 0 Å². The molecule has 1 heterocycles. The predicted molar refractivity (Wildman–Crippen MR) is 53.4 cm³/mol. The number of carbonyl (C=O) groups excluding carboxylic acids is 1. The SMILES string of the molecule is CCOC(=O)/C(C#N)=C/c1cnn(C)c1. The minimum Gasteiger partial charge on any atom is -0.462 e. The summed E-state index contributed by atoms with van der Waals surface area (Å²) in [5.41, 5.74) is 0.673. The number of ether oxygens (including phenoxy) is 1. The first kappa shape index (κ1) is 11.0. The Labute approximate surface area is 87.6 Å². The van der Waals surface area contributed by atoms with E-state index in [0.29, 0.717) is 5.56 Å². The largest absolute Gasteiger partial charge is 0.462 e. The van der Waals surface area contributed by atoms with E-state index in [4.69, 9.17) is 10.00 Å². The number of carbonyl (C=O) groups is 1. The van der Waals surface area contributed by atoms with E-state index in [0.717, 1.165) is 0 Å². The van der Waals surface area contributed by atoms with Crippen LogP contribution in [0.2, 0.25) is 0 Å². The van der Waals surface area contributed by atoms with Crippen LogP contribution >= 0.6 is 0 Å². The van der Waals surface area contributed by atoms with E-state index in [-0.39, 0.29) is 12.2 Å². The third kappa shape index (κ3) is 2.95. The van der Waals surface area contributed by atoms with E-state index in [9.17, 15) is 4.79 Å². The third-order valence-corrected chi connectivity index (χ3v) is 1.65. The van der Waals surface area contributed by atoms with Crippen molar-refractivity contribution < 1.29 is 9.53 Å². The Hall–Kier alpha value is -2.09. The smallest absolute Gasteiger partial charge is 0.348 e. The molecule has 0 saturated heterocycles. The predicted octanol–water partition coefficient (Wildman–Crippen LogP) is 0.890. The van der Waals surface area contributed by atoms with Gasteiger partial charge in [-0.2, -0.15) is 10.4 Å². The second kappa shape index (κ2) is 4.96. The zero-order chi connectivity index (χ0) is 11.3. The lowest BCUT2D eigenvalue weighted by Gasteiger charge is -1.97. The highest BCUT2D eigenvalue weighted by Crippen LogP contribution is 2.06. The van der Waals surface area contributed by atoms with E-state index < -0.39 is 5.97 Å². The summed E-state index contributed by atoms with van der Waals surface area (Å²) >= 11 is 0. The average molecular weight is 205 g/mol. The van der Waals surface area contributed by atoms with Gasteiger partial charge in [-0.15, -0.1) is 0 Å². The Morgan fingerprint density at radius 3 is 3.00 bits per heavy atom. The van der Waals surface area contributed by atoms with Gasteiger partial charge in [0, 0.05) is 18.8 Å². The molecule has 0 amide bonds. The molecule has 1 aromatic rings. The Kier molecular flexibility index (Phi) is 3.63. The number of hydrogen-bond acceptors (Lipinski definition) is 4. The van der Waals surface area contributed by atoms with Crippen molar-refractivity contribution in [2.45, 2.75) is 6.92 Å². The molecule has 0 aliphatic heterocycles. The Balaban J connectivity index is 2.88. The monoisotopic (exact) mass is 205 g/mol. The van der Waals surface area contributed by atoms with E-state index in [1.165, 1.54) is 6.08 Å². The average Bonchev–Trinajstić information content (AvgIpc) is 2.61. The molecule has 1 aromatic heterocycles. The second-order valence-corrected chi connectivity index (χ2v) is 2.84. The first-order valence-electron chi connectivity index (χ1n) is 4.45. The van der Waals surface area contributed by atoms with E-state index in [1.54, 1.807) is 37.1 Å². The molecule has 0 radical (unpaired) electrons. The van der Waals surface area contributed by atoms with E-state index in [2.05, 4.69) is 5.10 Å². The lowest BCUT2D eigenvalue weighted by atomic mass is 10.2. The highest BCUT2D eigenvalue weighted by atomic mass is 16.5. The van der Waals surface area contributed by atoms with Gasteiger partial charge < -0.3 is 4.74 Å². The molecule has 0 saturated carbocycles. The lowest BCUT2D eigenvalue weighted by Crippen LogP contribution is -2.05. The number of aromatic nitrogens is 2. The second-order valence-electron chi connectivity index (χ2n) is 2.84. The van der Waals surface area contributed by atoms with Crippen molar-refractivity contribution >= 4 is 12.0 Å². The summed E-state index contributed by atoms with van der Waals surface area (Å²) in [5, 5.41) is 12.7. The van der Waals surface area contributed by atoms with Crippen LogP contribution in [-0.4, -0.2) is 22.4 Å². The van der Waals surface area contributed by atoms with Crippen LogP contribution in [0.3, 0.4) is 0 Å². The van der Waals surface area contributed by atoms with Crippen LogP contribution in [0.25, 0.3) is 6.08 Å². The topological polar surface area (TPSA) is 67.9 Å². The van der Waals surface area contributed by atoms with Crippen LogP contribution in [0.5, 0.6) is 0 Å². The van der Waals surface area contributed by atoms with Crippen molar-refractivity contribution in [1.29, 1.82) is 5.26 Å². The maximum Gasteiger partial charge on any atom is 0.348 e. The van der Waals surface area contributed by atoms with Crippen LogP contribution in [0.15, 0.2) is 18.0 Å². The molecule has 0 bridgehead atoms. The minimum absolute atomic E-state index is 0.0233. The molecule has 0 aliphatic rings. The standard InChI is InChI=1S/C10H11N3O2/c1-3-15-10(14)9(5-11)4-8-6-12-13(2)7-8/h4,6-7H,3H2,1-2H3/b9-4+. The number of nitriles is 1. The van der Waals surface area contributed by atoms with Crippen LogP contribution in [0, 0.1) is 11.3 Å². The fraction of sp³-hybridized carbons (Fsp3) is 0.300. The van der Waals surface area contributed by atoms with Crippen molar-refractivity contribution in [3.05, 3.63) is 23.5 Å². The zero-order valence-corrected chi connectivity index (χ0v) is 8.60. The number of esters is 1. The number of hydrogen-bond donors (Lipinski definition) is 0. The molecular weight excluding hydrogens is 194 g/mol. The summed E-state index contributed by atoms with van der Waals surface area (Å²) in [7, 11) is 1.76. The fourth-order valence-electron chi connectivity index (χ4n) is 1.03. The summed E-state index contributed by atoms with van der Waals surface area (Å²) in [6, 6.07) is 1.79. The van der Waals surface area contributed by atoms with Crippen LogP contribution < -0.4 is 0 Å². The highest BCUT2D eigenvalue weighted by molar-refractivity contribution is 5.97. The molecule has 0 unspecified atom stereocenters. The molecule has 0 spiro atoms. The van der Waals surface area contributed by atoms with Gasteiger partial charge in [0.25, 0.3) is 0 Å². The molecule has 0 atom stereocenters. The molecule has 0 fully saturated rings. The van der Waals surface area contributed by atoms with Crippen LogP contribution in [0.1, 0.15) is 12.5 Å². The molecule has 5 nitrogen and oxygen atoms in total. The molecule has 15 heavy (non-hydrogen) atoms. The van der Waals surface area contributed by atoms with Gasteiger partial charge in [-0.3, -0.25) is 4.68 Å². The molecule has 5 heteroatoms. The fourth-order valence-corrected chi connectivity index (χ4v) is 1.03. The molecule has 0 aliphatic carbocycles. The first-order chi connectivity index (χ1) is 7.17. The normalized spacial score (nSPS) is 10.9. The first-order valence-corrected chi connectivity index (χ1v) is 4.45. The minimum atomic E-state index is -0.608. The number of aryl methyl sites for hydroxylation is 1.